The van der Waals surface area contributed by atoms with E-state index in [2.05, 4.69) is 132 Å². The summed E-state index contributed by atoms with van der Waals surface area (Å²) in [7, 11) is 4.88. The molecule has 2 nitrogen and oxygen atoms in total. The van der Waals surface area contributed by atoms with E-state index in [4.69, 9.17) is 7.85 Å². The molecule has 5 aromatic carbocycles. The molecule has 6 aromatic rings. The quantitative estimate of drug-likeness (QED) is 0.150. The van der Waals surface area contributed by atoms with E-state index in [1.54, 1.807) is 5.98 Å². The highest BCUT2D eigenvalue weighted by atomic mass is 28.2. The van der Waals surface area contributed by atoms with Crippen LogP contribution in [0.4, 0.5) is 0 Å². The van der Waals surface area contributed by atoms with E-state index < -0.39 is 9.52 Å². The molecule has 0 N–H and O–H groups in total. The van der Waals surface area contributed by atoms with Gasteiger partial charge in [0.25, 0.3) is 0 Å². The van der Waals surface area contributed by atoms with Crippen LogP contribution in [0, 0.1) is 0 Å². The highest BCUT2D eigenvalue weighted by Gasteiger charge is 2.36. The average Bonchev–Trinajstić information content (AvgIpc) is 3.65. The fourth-order valence-corrected chi connectivity index (χ4v) is 8.30. The fourth-order valence-electron chi connectivity index (χ4n) is 5.84. The number of nitrogens with zero attached hydrogens (tertiary/aromatic N) is 2. The molecular formula is C40H39BN2Si. The van der Waals surface area contributed by atoms with Gasteiger partial charge in [-0.2, -0.15) is 0 Å². The van der Waals surface area contributed by atoms with Gasteiger partial charge in [0.2, 0.25) is 0 Å². The van der Waals surface area contributed by atoms with Crippen molar-refractivity contribution in [3.8, 4) is 0 Å². The molecule has 0 saturated heterocycles. The Hall–Kier alpha value is -4.67. The molecule has 0 amide bonds. The van der Waals surface area contributed by atoms with Gasteiger partial charge in [-0.15, -0.1) is 5.98 Å². The van der Waals surface area contributed by atoms with Crippen molar-refractivity contribution in [2.45, 2.75) is 31.3 Å². The predicted octanol–water partition coefficient (Wildman–Crippen LogP) is 7.71. The van der Waals surface area contributed by atoms with E-state index in [1.165, 1.54) is 34.7 Å². The second-order valence-corrected chi connectivity index (χ2v) is 13.2. The fraction of sp³-hybridized carbons (Fsp3) is 0.125. The second-order valence-electron chi connectivity index (χ2n) is 11.0. The van der Waals surface area contributed by atoms with E-state index in [0.29, 0.717) is 0 Å². The van der Waals surface area contributed by atoms with Crippen molar-refractivity contribution in [1.29, 1.82) is 0 Å². The monoisotopic (exact) mass is 586 g/mol. The van der Waals surface area contributed by atoms with Gasteiger partial charge < -0.3 is 4.57 Å². The van der Waals surface area contributed by atoms with Crippen LogP contribution in [0.25, 0.3) is 5.57 Å². The number of hydrogen-bond acceptors (Lipinski definition) is 1. The molecule has 0 spiro atoms. The van der Waals surface area contributed by atoms with Gasteiger partial charge in [0.15, 0.2) is 0 Å². The summed E-state index contributed by atoms with van der Waals surface area (Å²) in [5, 5.41) is 1.28. The Morgan fingerprint density at radius 3 is 1.75 bits per heavy atom. The zero-order valence-electron chi connectivity index (χ0n) is 25.5. The molecule has 2 radical (unpaired) electrons. The summed E-state index contributed by atoms with van der Waals surface area (Å²) in [6.45, 7) is 2.26. The number of aryl methyl sites for hydroxylation is 1. The lowest BCUT2D eigenvalue weighted by Gasteiger charge is -2.37. The lowest BCUT2D eigenvalue weighted by Crippen LogP contribution is -2.46. The maximum Gasteiger partial charge on any atom is 0.103 e. The number of aromatic nitrogens is 2. The summed E-state index contributed by atoms with van der Waals surface area (Å²) in [4.78, 5) is 4.42. The van der Waals surface area contributed by atoms with Crippen molar-refractivity contribution in [2.75, 3.05) is 0 Å². The summed E-state index contributed by atoms with van der Waals surface area (Å²) in [6, 6.07) is 51.4. The topological polar surface area (TPSA) is 17.8 Å². The van der Waals surface area contributed by atoms with Crippen LogP contribution in [0.1, 0.15) is 47.6 Å². The number of imidazole rings is 1. The maximum atomic E-state index is 5.67. The number of rotatable bonds is 10. The summed E-state index contributed by atoms with van der Waals surface area (Å²) in [6.07, 6.45) is 9.63. The predicted molar refractivity (Wildman–Crippen MR) is 190 cm³/mol. The second kappa shape index (κ2) is 15.7. The Morgan fingerprint density at radius 1 is 0.727 bits per heavy atom. The van der Waals surface area contributed by atoms with Crippen LogP contribution >= 0.6 is 0 Å². The zero-order valence-corrected chi connectivity index (χ0v) is 26.9. The molecule has 1 heterocycles. The molecule has 0 aliphatic carbocycles. The van der Waals surface area contributed by atoms with Gasteiger partial charge in [-0.1, -0.05) is 164 Å². The van der Waals surface area contributed by atoms with Crippen molar-refractivity contribution in [3.05, 3.63) is 198 Å². The largest absolute Gasteiger partial charge is 0.326 e. The molecule has 0 saturated carbocycles. The molecule has 44 heavy (non-hydrogen) atoms. The smallest absolute Gasteiger partial charge is 0.103 e. The summed E-state index contributed by atoms with van der Waals surface area (Å²) in [5.41, 5.74) is 7.47. The first kappa shape index (κ1) is 30.8. The minimum absolute atomic E-state index is 0.206. The van der Waals surface area contributed by atoms with Crippen LogP contribution < -0.4 is 5.19 Å². The molecule has 216 valence electrons. The molecule has 0 atom stereocenters. The van der Waals surface area contributed by atoms with Crippen LogP contribution in [0.5, 0.6) is 0 Å². The van der Waals surface area contributed by atoms with E-state index in [0.717, 1.165) is 23.1 Å². The summed E-state index contributed by atoms with van der Waals surface area (Å²) < 4.78 is 2.32. The maximum absolute atomic E-state index is 5.67. The van der Waals surface area contributed by atoms with Crippen molar-refractivity contribution >= 4 is 28.1 Å². The van der Waals surface area contributed by atoms with E-state index in [-0.39, 0.29) is 5.16 Å². The molecule has 0 aliphatic rings. The van der Waals surface area contributed by atoms with Gasteiger partial charge in [0, 0.05) is 12.4 Å². The Morgan fingerprint density at radius 2 is 1.27 bits per heavy atom. The van der Waals surface area contributed by atoms with Crippen molar-refractivity contribution in [3.63, 3.8) is 0 Å². The number of benzene rings is 5. The van der Waals surface area contributed by atoms with Gasteiger partial charge in [-0.05, 0) is 46.2 Å². The first-order valence-corrected chi connectivity index (χ1v) is 16.9. The Balaban J connectivity index is 0.000000215. The van der Waals surface area contributed by atoms with E-state index in [1.807, 2.05) is 48.9 Å². The molecule has 6 rings (SSSR count). The highest BCUT2D eigenvalue weighted by Crippen LogP contribution is 2.33. The lowest BCUT2D eigenvalue weighted by molar-refractivity contribution is 0.596. The van der Waals surface area contributed by atoms with Crippen molar-refractivity contribution in [1.82, 2.24) is 9.55 Å². The number of unbranched alkanes of at least 4 members (excludes halogenated alkanes) is 1. The average molecular weight is 587 g/mol. The lowest BCUT2D eigenvalue weighted by atomic mass is 9.92. The third-order valence-electron chi connectivity index (χ3n) is 8.05. The third-order valence-corrected chi connectivity index (χ3v) is 10.6. The molecule has 0 unspecified atom stereocenters. The van der Waals surface area contributed by atoms with Crippen LogP contribution in [-0.2, 0) is 11.6 Å². The van der Waals surface area contributed by atoms with Gasteiger partial charge in [0.1, 0.15) is 7.85 Å². The van der Waals surface area contributed by atoms with Crippen LogP contribution in [-0.4, -0.2) is 26.9 Å². The Kier molecular flexibility index (Phi) is 11.0. The van der Waals surface area contributed by atoms with E-state index >= 15 is 0 Å². The molecule has 4 heteroatoms. The van der Waals surface area contributed by atoms with Gasteiger partial charge in [0.05, 0.1) is 21.0 Å². The molecular weight excluding hydrogens is 547 g/mol. The Bertz CT molecular complexity index is 1620. The van der Waals surface area contributed by atoms with Crippen LogP contribution in [0.15, 0.2) is 170 Å². The molecule has 0 bridgehead atoms. The normalized spacial score (nSPS) is 11.1. The van der Waals surface area contributed by atoms with Gasteiger partial charge in [-0.25, -0.2) is 4.98 Å². The third kappa shape index (κ3) is 7.45. The van der Waals surface area contributed by atoms with Gasteiger partial charge in [-0.3, -0.25) is 0 Å². The summed E-state index contributed by atoms with van der Waals surface area (Å²) >= 11 is 0. The van der Waals surface area contributed by atoms with Crippen molar-refractivity contribution < 1.29 is 0 Å². The van der Waals surface area contributed by atoms with Gasteiger partial charge >= 0.3 is 0 Å². The van der Waals surface area contributed by atoms with Crippen LogP contribution in [0.2, 0.25) is 0 Å². The SMILES string of the molecule is CCCCc1cccc([SiH2]C(c2ccccc2)(c2ccccc2)n2ccnc2)c1.[B]C=C(c1ccccc1)c1ccccc1. The molecule has 1 aromatic heterocycles. The summed E-state index contributed by atoms with van der Waals surface area (Å²) in [5.74, 6) is 1.66. The minimum Gasteiger partial charge on any atom is -0.326 e. The standard InChI is InChI=1S/C26H28N2Si.C14H11B/c1-2-3-11-22-12-10-17-25(20-22)29-26(28-19-18-27-21-28,23-13-6-4-7-14-23)24-15-8-5-9-16-24;15-11-14(12-7-3-1-4-8-12)13-9-5-2-6-10-13/h4-10,12-21H,2-3,11,29H2,1H3;1-11H. The van der Waals surface area contributed by atoms with Crippen LogP contribution in [0.3, 0.4) is 0 Å². The highest BCUT2D eigenvalue weighted by molar-refractivity contribution is 6.57. The van der Waals surface area contributed by atoms with E-state index in [9.17, 15) is 0 Å². The molecule has 0 aliphatic heterocycles. The first-order chi connectivity index (χ1) is 21.7. The zero-order chi connectivity index (χ0) is 30.5. The molecule has 0 fully saturated rings. The minimum atomic E-state index is -0.791. The first-order valence-electron chi connectivity index (χ1n) is 15.4. The number of hydrogen-bond donors (Lipinski definition) is 0. The Labute approximate surface area is 266 Å². The van der Waals surface area contributed by atoms with Crippen molar-refractivity contribution in [2.24, 2.45) is 0 Å².